The highest BCUT2D eigenvalue weighted by Gasteiger charge is 2.16. The molecule has 0 saturated carbocycles. The van der Waals surface area contributed by atoms with Crippen LogP contribution in [0.3, 0.4) is 0 Å². The fourth-order valence-electron chi connectivity index (χ4n) is 8.12. The van der Waals surface area contributed by atoms with Gasteiger partial charge in [0.1, 0.15) is 0 Å². The molecule has 10 aromatic rings. The molecule has 0 N–H and O–H groups in total. The van der Waals surface area contributed by atoms with Crippen LogP contribution in [0.5, 0.6) is 0 Å². The lowest BCUT2D eigenvalue weighted by molar-refractivity contribution is 1.28. The highest BCUT2D eigenvalue weighted by Crippen LogP contribution is 2.40. The van der Waals surface area contributed by atoms with Crippen LogP contribution in [0.15, 0.2) is 255 Å². The molecule has 0 aromatic heterocycles. The molecular weight excluding hydrogens is 725 g/mol. The maximum atomic E-state index is 2.33. The van der Waals surface area contributed by atoms with E-state index in [1.165, 1.54) is 44.2 Å². The first-order valence-corrected chi connectivity index (χ1v) is 20.5. The summed E-state index contributed by atoms with van der Waals surface area (Å²) in [4.78, 5) is 4.65. The Kier molecular flexibility index (Phi) is 10.0. The van der Waals surface area contributed by atoms with Gasteiger partial charge in [-0.2, -0.15) is 0 Å². The first-order valence-electron chi connectivity index (χ1n) is 20.5. The molecule has 0 heterocycles. The summed E-state index contributed by atoms with van der Waals surface area (Å²) in [6.45, 7) is 0. The molecule has 0 bridgehead atoms. The Labute approximate surface area is 352 Å². The zero-order chi connectivity index (χ0) is 40.1. The van der Waals surface area contributed by atoms with Crippen LogP contribution in [0.4, 0.5) is 34.1 Å². The summed E-state index contributed by atoms with van der Waals surface area (Å²) in [5, 5.41) is 2.50. The number of nitrogens with zero attached hydrogens (tertiary/aromatic N) is 2. The van der Waals surface area contributed by atoms with Gasteiger partial charge in [0, 0.05) is 34.1 Å². The van der Waals surface area contributed by atoms with E-state index in [2.05, 4.69) is 265 Å². The van der Waals surface area contributed by atoms with Crippen molar-refractivity contribution >= 4 is 44.9 Å². The lowest BCUT2D eigenvalue weighted by atomic mass is 10.0. The SMILES string of the molecule is c1ccc(-c2ccc(N(c3ccc(-c4ccccc4)cc3)c3ccc(-c4ccc(N(c5ccccc5)c5ccc(-c6ccc7ccccc7c6)cc5)cc4)cc3)cc2)cc1. The van der Waals surface area contributed by atoms with E-state index in [9.17, 15) is 0 Å². The van der Waals surface area contributed by atoms with Gasteiger partial charge in [0.2, 0.25) is 0 Å². The van der Waals surface area contributed by atoms with Crippen molar-refractivity contribution in [2.75, 3.05) is 9.80 Å². The van der Waals surface area contributed by atoms with Gasteiger partial charge in [-0.05, 0) is 134 Å². The molecule has 0 atom stereocenters. The van der Waals surface area contributed by atoms with Gasteiger partial charge >= 0.3 is 0 Å². The molecule has 2 heteroatoms. The van der Waals surface area contributed by atoms with E-state index in [1.54, 1.807) is 0 Å². The van der Waals surface area contributed by atoms with E-state index in [0.717, 1.165) is 45.3 Å². The number of hydrogen-bond acceptors (Lipinski definition) is 2. The molecule has 60 heavy (non-hydrogen) atoms. The van der Waals surface area contributed by atoms with E-state index >= 15 is 0 Å². The molecule has 0 aliphatic rings. The van der Waals surface area contributed by atoms with Gasteiger partial charge < -0.3 is 9.80 Å². The summed E-state index contributed by atoms with van der Waals surface area (Å²) in [5.41, 5.74) is 16.2. The van der Waals surface area contributed by atoms with Gasteiger partial charge in [0.15, 0.2) is 0 Å². The third-order valence-electron chi connectivity index (χ3n) is 11.3. The van der Waals surface area contributed by atoms with E-state index in [1.807, 2.05) is 0 Å². The van der Waals surface area contributed by atoms with E-state index in [0.29, 0.717) is 0 Å². The van der Waals surface area contributed by atoms with E-state index in [-0.39, 0.29) is 0 Å². The Hall–Kier alpha value is -7.94. The smallest absolute Gasteiger partial charge is 0.0462 e. The summed E-state index contributed by atoms with van der Waals surface area (Å²) in [6, 6.07) is 91.3. The highest BCUT2D eigenvalue weighted by molar-refractivity contribution is 5.88. The number of fused-ring (bicyclic) bond motifs is 1. The lowest BCUT2D eigenvalue weighted by Crippen LogP contribution is -2.10. The second-order valence-corrected chi connectivity index (χ2v) is 15.0. The zero-order valence-electron chi connectivity index (χ0n) is 33.1. The largest absolute Gasteiger partial charge is 0.311 e. The molecule has 0 unspecified atom stereocenters. The van der Waals surface area contributed by atoms with Crippen molar-refractivity contribution in [3.05, 3.63) is 255 Å². The van der Waals surface area contributed by atoms with Crippen LogP contribution >= 0.6 is 0 Å². The Morgan fingerprint density at radius 2 is 0.417 bits per heavy atom. The van der Waals surface area contributed by atoms with Crippen molar-refractivity contribution in [3.8, 4) is 44.5 Å². The minimum Gasteiger partial charge on any atom is -0.311 e. The zero-order valence-corrected chi connectivity index (χ0v) is 33.1. The van der Waals surface area contributed by atoms with Crippen molar-refractivity contribution in [2.45, 2.75) is 0 Å². The average molecular weight is 767 g/mol. The Bertz CT molecular complexity index is 2880. The van der Waals surface area contributed by atoms with Crippen LogP contribution in [0, 0.1) is 0 Å². The van der Waals surface area contributed by atoms with Crippen molar-refractivity contribution in [3.63, 3.8) is 0 Å². The maximum Gasteiger partial charge on any atom is 0.0462 e. The van der Waals surface area contributed by atoms with Crippen molar-refractivity contribution in [1.29, 1.82) is 0 Å². The van der Waals surface area contributed by atoms with E-state index < -0.39 is 0 Å². The molecule has 0 saturated heterocycles. The number of rotatable bonds is 10. The molecule has 0 radical (unpaired) electrons. The summed E-state index contributed by atoms with van der Waals surface area (Å²) in [6.07, 6.45) is 0. The minimum absolute atomic E-state index is 1.10. The summed E-state index contributed by atoms with van der Waals surface area (Å²) >= 11 is 0. The molecule has 0 fully saturated rings. The van der Waals surface area contributed by atoms with Gasteiger partial charge in [0.05, 0.1) is 0 Å². The summed E-state index contributed by atoms with van der Waals surface area (Å²) in [7, 11) is 0. The topological polar surface area (TPSA) is 6.48 Å². The first-order chi connectivity index (χ1) is 29.7. The molecule has 0 aliphatic carbocycles. The molecule has 10 rings (SSSR count). The van der Waals surface area contributed by atoms with Crippen LogP contribution in [-0.2, 0) is 0 Å². The fourth-order valence-corrected chi connectivity index (χ4v) is 8.12. The molecule has 0 spiro atoms. The Morgan fingerprint density at radius 3 is 0.783 bits per heavy atom. The van der Waals surface area contributed by atoms with Gasteiger partial charge in [-0.15, -0.1) is 0 Å². The normalized spacial score (nSPS) is 11.0. The number of benzene rings is 10. The third kappa shape index (κ3) is 7.58. The number of hydrogen-bond donors (Lipinski definition) is 0. The summed E-state index contributed by atoms with van der Waals surface area (Å²) in [5.74, 6) is 0. The van der Waals surface area contributed by atoms with Crippen LogP contribution in [0.2, 0.25) is 0 Å². The monoisotopic (exact) mass is 766 g/mol. The van der Waals surface area contributed by atoms with Gasteiger partial charge in [-0.3, -0.25) is 0 Å². The fraction of sp³-hybridized carbons (Fsp3) is 0. The molecule has 2 nitrogen and oxygen atoms in total. The van der Waals surface area contributed by atoms with Gasteiger partial charge in [-0.1, -0.05) is 176 Å². The molecule has 0 amide bonds. The van der Waals surface area contributed by atoms with Gasteiger partial charge in [0.25, 0.3) is 0 Å². The minimum atomic E-state index is 1.10. The van der Waals surface area contributed by atoms with Crippen LogP contribution < -0.4 is 9.80 Å². The molecule has 10 aromatic carbocycles. The Balaban J connectivity index is 0.941. The van der Waals surface area contributed by atoms with Crippen LogP contribution in [0.25, 0.3) is 55.3 Å². The maximum absolute atomic E-state index is 2.33. The second-order valence-electron chi connectivity index (χ2n) is 15.0. The lowest BCUT2D eigenvalue weighted by Gasteiger charge is -2.26. The first kappa shape index (κ1) is 36.4. The average Bonchev–Trinajstić information content (AvgIpc) is 3.34. The van der Waals surface area contributed by atoms with Crippen LogP contribution in [0.1, 0.15) is 0 Å². The molecule has 0 aliphatic heterocycles. The van der Waals surface area contributed by atoms with Crippen LogP contribution in [-0.4, -0.2) is 0 Å². The Morgan fingerprint density at radius 1 is 0.167 bits per heavy atom. The molecule has 284 valence electrons. The van der Waals surface area contributed by atoms with Crippen molar-refractivity contribution < 1.29 is 0 Å². The predicted octanol–water partition coefficient (Wildman–Crippen LogP) is 16.4. The number of para-hydroxylation sites is 1. The van der Waals surface area contributed by atoms with Crippen molar-refractivity contribution in [1.82, 2.24) is 0 Å². The van der Waals surface area contributed by atoms with E-state index in [4.69, 9.17) is 0 Å². The molecular formula is C58H42N2. The third-order valence-corrected chi connectivity index (χ3v) is 11.3. The van der Waals surface area contributed by atoms with Crippen molar-refractivity contribution in [2.24, 2.45) is 0 Å². The summed E-state index contributed by atoms with van der Waals surface area (Å²) < 4.78 is 0. The number of anilines is 6. The second kappa shape index (κ2) is 16.5. The highest BCUT2D eigenvalue weighted by atomic mass is 15.1. The van der Waals surface area contributed by atoms with Gasteiger partial charge in [-0.25, -0.2) is 0 Å². The quantitative estimate of drug-likeness (QED) is 0.137. The standard InChI is InChI=1S/C58H42N2/c1-4-12-43(13-5-1)46-22-32-56(33-23-46)60(57-34-24-47(25-35-57)44-14-6-2-7-15-44)58-38-28-49(29-39-58)48-26-36-54(37-27-48)59(53-18-8-3-9-19-53)55-40-30-50(31-41-55)52-21-20-45-16-10-11-17-51(45)42-52/h1-42H. The predicted molar refractivity (Wildman–Crippen MR) is 255 cm³/mol.